The van der Waals surface area contributed by atoms with E-state index in [4.69, 9.17) is 4.74 Å². The molecule has 2 aromatic rings. The number of methoxy groups -OCH3 is 1. The molecule has 0 bridgehead atoms. The van der Waals surface area contributed by atoms with Gasteiger partial charge in [-0.25, -0.2) is 0 Å². The molecule has 0 saturated carbocycles. The lowest BCUT2D eigenvalue weighted by atomic mass is 10.1. The van der Waals surface area contributed by atoms with Crippen LogP contribution in [0.25, 0.3) is 0 Å². The van der Waals surface area contributed by atoms with Crippen LogP contribution >= 0.6 is 0 Å². The highest BCUT2D eigenvalue weighted by Crippen LogP contribution is 2.13. The van der Waals surface area contributed by atoms with E-state index < -0.39 is 0 Å². The van der Waals surface area contributed by atoms with E-state index in [2.05, 4.69) is 21.6 Å². The van der Waals surface area contributed by atoms with Crippen LogP contribution in [0.5, 0.6) is 5.75 Å². The fraction of sp³-hybridized carbons (Fsp3) is 0.200. The van der Waals surface area contributed by atoms with Crippen molar-refractivity contribution in [3.63, 3.8) is 0 Å². The molecule has 0 aliphatic heterocycles. The standard InChI is InChI=1S/C15H17N3O/c1-19-15-6-2-4-13(12-15)5-3-9-17-18-14-7-10-16-11-8-14/h2,4,6-12H,3,5H2,1H3,(H,16,18)/b17-9-. The highest BCUT2D eigenvalue weighted by atomic mass is 16.5. The molecule has 19 heavy (non-hydrogen) atoms. The molecule has 0 radical (unpaired) electrons. The molecule has 1 N–H and O–H groups in total. The average Bonchev–Trinajstić information content (AvgIpc) is 2.48. The first-order valence-electron chi connectivity index (χ1n) is 6.19. The van der Waals surface area contributed by atoms with E-state index in [9.17, 15) is 0 Å². The van der Waals surface area contributed by atoms with Crippen LogP contribution in [-0.4, -0.2) is 18.3 Å². The second-order valence-electron chi connectivity index (χ2n) is 4.05. The summed E-state index contributed by atoms with van der Waals surface area (Å²) >= 11 is 0. The predicted molar refractivity (Wildman–Crippen MR) is 77.7 cm³/mol. The van der Waals surface area contributed by atoms with Gasteiger partial charge >= 0.3 is 0 Å². The molecule has 0 amide bonds. The Kier molecular flexibility index (Phi) is 4.93. The molecule has 1 heterocycles. The third-order valence-electron chi connectivity index (χ3n) is 2.66. The molecular weight excluding hydrogens is 238 g/mol. The van der Waals surface area contributed by atoms with Gasteiger partial charge in [-0.3, -0.25) is 10.4 Å². The minimum absolute atomic E-state index is 0.880. The van der Waals surface area contributed by atoms with Crippen LogP contribution < -0.4 is 10.2 Å². The first kappa shape index (κ1) is 13.1. The van der Waals surface area contributed by atoms with Gasteiger partial charge in [0, 0.05) is 18.6 Å². The van der Waals surface area contributed by atoms with Gasteiger partial charge in [0.25, 0.3) is 0 Å². The number of aromatic nitrogens is 1. The van der Waals surface area contributed by atoms with E-state index >= 15 is 0 Å². The molecule has 0 fully saturated rings. The molecule has 1 aromatic carbocycles. The normalized spacial score (nSPS) is 10.6. The number of hydrogen-bond donors (Lipinski definition) is 1. The number of aryl methyl sites for hydroxylation is 1. The van der Waals surface area contributed by atoms with Crippen molar-refractivity contribution in [2.24, 2.45) is 5.10 Å². The lowest BCUT2D eigenvalue weighted by Crippen LogP contribution is -1.92. The molecule has 4 nitrogen and oxygen atoms in total. The molecule has 0 spiro atoms. The minimum atomic E-state index is 0.880. The van der Waals surface area contributed by atoms with Gasteiger partial charge in [-0.15, -0.1) is 0 Å². The van der Waals surface area contributed by atoms with Crippen LogP contribution in [-0.2, 0) is 6.42 Å². The average molecular weight is 255 g/mol. The minimum Gasteiger partial charge on any atom is -0.497 e. The highest BCUT2D eigenvalue weighted by molar-refractivity contribution is 5.59. The predicted octanol–water partition coefficient (Wildman–Crippen LogP) is 3.12. The Morgan fingerprint density at radius 3 is 2.89 bits per heavy atom. The quantitative estimate of drug-likeness (QED) is 0.637. The Labute approximate surface area is 113 Å². The Hall–Kier alpha value is -2.36. The third-order valence-corrected chi connectivity index (χ3v) is 2.66. The van der Waals surface area contributed by atoms with Crippen LogP contribution in [0, 0.1) is 0 Å². The molecule has 0 atom stereocenters. The monoisotopic (exact) mass is 255 g/mol. The lowest BCUT2D eigenvalue weighted by molar-refractivity contribution is 0.414. The van der Waals surface area contributed by atoms with Gasteiger partial charge < -0.3 is 4.74 Å². The van der Waals surface area contributed by atoms with Crippen LogP contribution in [0.4, 0.5) is 5.69 Å². The van der Waals surface area contributed by atoms with Crippen LogP contribution in [0.3, 0.4) is 0 Å². The van der Waals surface area contributed by atoms with Gasteiger partial charge in [0.15, 0.2) is 0 Å². The number of hydrazone groups is 1. The molecule has 4 heteroatoms. The van der Waals surface area contributed by atoms with Crippen molar-refractivity contribution >= 4 is 11.9 Å². The first-order valence-corrected chi connectivity index (χ1v) is 6.19. The molecule has 2 rings (SSSR count). The maximum atomic E-state index is 5.19. The molecule has 1 aromatic heterocycles. The number of pyridine rings is 1. The Balaban J connectivity index is 1.77. The smallest absolute Gasteiger partial charge is 0.119 e. The number of anilines is 1. The molecule has 0 saturated heterocycles. The zero-order valence-electron chi connectivity index (χ0n) is 10.9. The molecule has 0 aliphatic carbocycles. The van der Waals surface area contributed by atoms with Crippen molar-refractivity contribution in [1.29, 1.82) is 0 Å². The van der Waals surface area contributed by atoms with Crippen LogP contribution in [0.1, 0.15) is 12.0 Å². The second kappa shape index (κ2) is 7.16. The van der Waals surface area contributed by atoms with Gasteiger partial charge in [0.05, 0.1) is 12.8 Å². The van der Waals surface area contributed by atoms with Crippen molar-refractivity contribution in [3.8, 4) is 5.75 Å². The van der Waals surface area contributed by atoms with E-state index in [0.717, 1.165) is 24.3 Å². The Bertz CT molecular complexity index is 526. The topological polar surface area (TPSA) is 46.5 Å². The third kappa shape index (κ3) is 4.43. The summed E-state index contributed by atoms with van der Waals surface area (Å²) in [5, 5.41) is 4.17. The van der Waals surface area contributed by atoms with Crippen LogP contribution in [0.15, 0.2) is 53.9 Å². The molecule has 0 unspecified atom stereocenters. The van der Waals surface area contributed by atoms with Gasteiger partial charge in [-0.1, -0.05) is 12.1 Å². The molecule has 0 aliphatic rings. The lowest BCUT2D eigenvalue weighted by Gasteiger charge is -2.02. The maximum absolute atomic E-state index is 5.19. The summed E-state index contributed by atoms with van der Waals surface area (Å²) in [6.07, 6.45) is 7.16. The summed E-state index contributed by atoms with van der Waals surface area (Å²) in [6.45, 7) is 0. The van der Waals surface area contributed by atoms with E-state index in [-0.39, 0.29) is 0 Å². The van der Waals surface area contributed by atoms with E-state index in [1.165, 1.54) is 5.56 Å². The summed E-state index contributed by atoms with van der Waals surface area (Å²) in [5.74, 6) is 0.893. The summed E-state index contributed by atoms with van der Waals surface area (Å²) < 4.78 is 5.19. The van der Waals surface area contributed by atoms with Crippen molar-refractivity contribution < 1.29 is 4.74 Å². The highest BCUT2D eigenvalue weighted by Gasteiger charge is 1.94. The number of rotatable bonds is 6. The van der Waals surface area contributed by atoms with Crippen molar-refractivity contribution in [2.75, 3.05) is 12.5 Å². The Morgan fingerprint density at radius 2 is 2.11 bits per heavy atom. The molecular formula is C15H17N3O. The van der Waals surface area contributed by atoms with Crippen molar-refractivity contribution in [3.05, 3.63) is 54.4 Å². The Morgan fingerprint density at radius 1 is 1.26 bits per heavy atom. The van der Waals surface area contributed by atoms with Gasteiger partial charge in [-0.2, -0.15) is 5.10 Å². The zero-order valence-corrected chi connectivity index (χ0v) is 10.9. The number of nitrogens with one attached hydrogen (secondary N) is 1. The second-order valence-corrected chi connectivity index (χ2v) is 4.05. The fourth-order valence-electron chi connectivity index (χ4n) is 1.67. The van der Waals surface area contributed by atoms with Gasteiger partial charge in [-0.05, 0) is 42.7 Å². The first-order chi connectivity index (χ1) is 9.38. The number of ether oxygens (including phenoxy) is 1. The van der Waals surface area contributed by atoms with E-state index in [1.54, 1.807) is 19.5 Å². The van der Waals surface area contributed by atoms with Crippen molar-refractivity contribution in [1.82, 2.24) is 4.98 Å². The summed E-state index contributed by atoms with van der Waals surface area (Å²) in [5.41, 5.74) is 5.14. The summed E-state index contributed by atoms with van der Waals surface area (Å²) in [7, 11) is 1.68. The van der Waals surface area contributed by atoms with Gasteiger partial charge in [0.2, 0.25) is 0 Å². The summed E-state index contributed by atoms with van der Waals surface area (Å²) in [4.78, 5) is 3.94. The van der Waals surface area contributed by atoms with Crippen molar-refractivity contribution in [2.45, 2.75) is 12.8 Å². The SMILES string of the molecule is COc1cccc(CC/C=N\Nc2ccncc2)c1. The largest absolute Gasteiger partial charge is 0.497 e. The van der Waals surface area contributed by atoms with Gasteiger partial charge in [0.1, 0.15) is 5.75 Å². The zero-order chi connectivity index (χ0) is 13.3. The van der Waals surface area contributed by atoms with E-state index in [0.29, 0.717) is 0 Å². The number of nitrogens with zero attached hydrogens (tertiary/aromatic N) is 2. The maximum Gasteiger partial charge on any atom is 0.119 e. The fourth-order valence-corrected chi connectivity index (χ4v) is 1.67. The number of hydrogen-bond acceptors (Lipinski definition) is 4. The van der Waals surface area contributed by atoms with E-state index in [1.807, 2.05) is 36.5 Å². The molecule has 98 valence electrons. The number of benzene rings is 1. The summed E-state index contributed by atoms with van der Waals surface area (Å²) in [6, 6.07) is 11.8. The van der Waals surface area contributed by atoms with Crippen LogP contribution in [0.2, 0.25) is 0 Å².